The summed E-state index contributed by atoms with van der Waals surface area (Å²) in [7, 11) is 0. The van der Waals surface area contributed by atoms with Gasteiger partial charge >= 0.3 is 0 Å². The van der Waals surface area contributed by atoms with Crippen molar-refractivity contribution in [1.29, 1.82) is 0 Å². The fourth-order valence-corrected chi connectivity index (χ4v) is 4.28. The summed E-state index contributed by atoms with van der Waals surface area (Å²) in [5, 5.41) is 6.16. The highest BCUT2D eigenvalue weighted by Gasteiger charge is 2.13. The van der Waals surface area contributed by atoms with E-state index in [2.05, 4.69) is 33.1 Å². The van der Waals surface area contributed by atoms with Crippen LogP contribution in [0.3, 0.4) is 0 Å². The fraction of sp³-hybridized carbons (Fsp3) is 0.174. The van der Waals surface area contributed by atoms with E-state index < -0.39 is 0 Å². The van der Waals surface area contributed by atoms with E-state index in [4.69, 9.17) is 44.3 Å². The molecule has 3 rings (SSSR count). The first-order chi connectivity index (χ1) is 15.0. The molecule has 0 unspecified atom stereocenters. The van der Waals surface area contributed by atoms with Gasteiger partial charge in [-0.1, -0.05) is 59.1 Å². The molecule has 3 aromatic rings. The normalized spacial score (nSPS) is 11.0. The number of rotatable bonds is 9. The summed E-state index contributed by atoms with van der Waals surface area (Å²) in [6.07, 6.45) is 1.72. The van der Waals surface area contributed by atoms with Gasteiger partial charge in [-0.3, -0.25) is 0 Å². The molecule has 4 nitrogen and oxygen atoms in total. The van der Waals surface area contributed by atoms with E-state index in [1.54, 1.807) is 18.3 Å². The molecule has 162 valence electrons. The van der Waals surface area contributed by atoms with Crippen LogP contribution in [-0.4, -0.2) is 12.8 Å². The van der Waals surface area contributed by atoms with Crippen molar-refractivity contribution in [2.75, 3.05) is 6.61 Å². The minimum Gasteiger partial charge on any atom is -0.490 e. The number of hydrazone groups is 1. The Morgan fingerprint density at radius 3 is 2.39 bits per heavy atom. The van der Waals surface area contributed by atoms with Crippen molar-refractivity contribution in [3.63, 3.8) is 0 Å². The van der Waals surface area contributed by atoms with E-state index in [0.717, 1.165) is 20.3 Å². The molecule has 0 spiro atoms. The Labute approximate surface area is 210 Å². The zero-order valence-corrected chi connectivity index (χ0v) is 21.1. The molecule has 0 fully saturated rings. The lowest BCUT2D eigenvalue weighted by Crippen LogP contribution is -2.07. The van der Waals surface area contributed by atoms with Gasteiger partial charge < -0.3 is 14.9 Å². The van der Waals surface area contributed by atoms with E-state index in [1.165, 1.54) is 0 Å². The van der Waals surface area contributed by atoms with E-state index in [0.29, 0.717) is 46.3 Å². The predicted molar refractivity (Wildman–Crippen MR) is 137 cm³/mol. The van der Waals surface area contributed by atoms with Gasteiger partial charge in [0.1, 0.15) is 6.61 Å². The molecule has 0 saturated carbocycles. The zero-order valence-electron chi connectivity index (χ0n) is 16.7. The summed E-state index contributed by atoms with van der Waals surface area (Å²) in [6, 6.07) is 16.9. The smallest absolute Gasteiger partial charge is 0.175 e. The van der Waals surface area contributed by atoms with Crippen molar-refractivity contribution in [2.45, 2.75) is 20.1 Å². The standard InChI is InChI=1S/C23H20Cl3IN2O2/c1-2-30-22-11-15(12-28-29-13-17-19(25)8-5-9-20(17)26)10-21(27)23(22)31-14-16-6-3-4-7-18(16)24/h3-12,29H,2,13-14H2,1H3/b28-12+. The molecule has 1 N–H and O–H groups in total. The number of halogens is 4. The Balaban J connectivity index is 1.71. The highest BCUT2D eigenvalue weighted by molar-refractivity contribution is 14.1. The fourth-order valence-electron chi connectivity index (χ4n) is 2.78. The quantitative estimate of drug-likeness (QED) is 0.161. The lowest BCUT2D eigenvalue weighted by Gasteiger charge is -2.15. The van der Waals surface area contributed by atoms with Gasteiger partial charge in [0.25, 0.3) is 0 Å². The molecule has 0 aliphatic rings. The van der Waals surface area contributed by atoms with Crippen molar-refractivity contribution in [2.24, 2.45) is 5.10 Å². The third-order valence-electron chi connectivity index (χ3n) is 4.28. The third kappa shape index (κ3) is 6.65. The van der Waals surface area contributed by atoms with Crippen LogP contribution in [0.1, 0.15) is 23.6 Å². The second-order valence-corrected chi connectivity index (χ2v) is 8.82. The largest absolute Gasteiger partial charge is 0.490 e. The molecule has 0 heterocycles. The predicted octanol–water partition coefficient (Wildman–Crippen LogP) is 7.35. The highest BCUT2D eigenvalue weighted by atomic mass is 127. The number of benzene rings is 3. The summed E-state index contributed by atoms with van der Waals surface area (Å²) < 4.78 is 12.8. The Hall–Kier alpha value is -1.67. The minimum absolute atomic E-state index is 0.351. The monoisotopic (exact) mass is 588 g/mol. The maximum absolute atomic E-state index is 6.24. The van der Waals surface area contributed by atoms with Crippen molar-refractivity contribution in [3.05, 3.63) is 89.9 Å². The van der Waals surface area contributed by atoms with Gasteiger partial charge in [0, 0.05) is 26.2 Å². The summed E-state index contributed by atoms with van der Waals surface area (Å²) in [4.78, 5) is 0. The highest BCUT2D eigenvalue weighted by Crippen LogP contribution is 2.35. The SMILES string of the molecule is CCOc1cc(/C=N/NCc2c(Cl)cccc2Cl)cc(I)c1OCc1ccccc1Cl. The van der Waals surface area contributed by atoms with Gasteiger partial charge in [-0.15, -0.1) is 0 Å². The molecule has 0 aliphatic carbocycles. The average Bonchev–Trinajstić information content (AvgIpc) is 2.73. The molecule has 0 radical (unpaired) electrons. The third-order valence-corrected chi connectivity index (χ3v) is 6.16. The number of ether oxygens (including phenoxy) is 2. The molecule has 31 heavy (non-hydrogen) atoms. The zero-order chi connectivity index (χ0) is 22.2. The molecular weight excluding hydrogens is 570 g/mol. The molecule has 3 aromatic carbocycles. The van der Waals surface area contributed by atoms with Crippen LogP contribution >= 0.6 is 57.4 Å². The number of nitrogens with one attached hydrogen (secondary N) is 1. The van der Waals surface area contributed by atoms with E-state index >= 15 is 0 Å². The van der Waals surface area contributed by atoms with Crippen LogP contribution in [0.2, 0.25) is 15.1 Å². The maximum atomic E-state index is 6.24. The molecular formula is C23H20Cl3IN2O2. The average molecular weight is 590 g/mol. The number of nitrogens with zero attached hydrogens (tertiary/aromatic N) is 1. The summed E-state index contributed by atoms with van der Waals surface area (Å²) >= 11 is 20.8. The van der Waals surface area contributed by atoms with Gasteiger partial charge in [-0.05, 0) is 65.4 Å². The van der Waals surface area contributed by atoms with Crippen LogP contribution in [0.15, 0.2) is 59.7 Å². The lowest BCUT2D eigenvalue weighted by atomic mass is 10.2. The van der Waals surface area contributed by atoms with Gasteiger partial charge in [0.2, 0.25) is 0 Å². The second kappa shape index (κ2) is 11.8. The van der Waals surface area contributed by atoms with Gasteiger partial charge in [0.15, 0.2) is 11.5 Å². The molecule has 8 heteroatoms. The molecule has 0 bridgehead atoms. The minimum atomic E-state index is 0.351. The van der Waals surface area contributed by atoms with Crippen molar-refractivity contribution >= 4 is 63.6 Å². The first kappa shape index (κ1) is 24.0. The summed E-state index contributed by atoms with van der Waals surface area (Å²) in [6.45, 7) is 3.22. The lowest BCUT2D eigenvalue weighted by molar-refractivity contribution is 0.267. The molecule has 0 amide bonds. The Morgan fingerprint density at radius 1 is 0.968 bits per heavy atom. The first-order valence-electron chi connectivity index (χ1n) is 9.51. The van der Waals surface area contributed by atoms with Crippen LogP contribution < -0.4 is 14.9 Å². The molecule has 0 aliphatic heterocycles. The maximum Gasteiger partial charge on any atom is 0.175 e. The van der Waals surface area contributed by atoms with Crippen LogP contribution in [-0.2, 0) is 13.2 Å². The molecule has 0 aromatic heterocycles. The van der Waals surface area contributed by atoms with Gasteiger partial charge in [-0.2, -0.15) is 5.10 Å². The van der Waals surface area contributed by atoms with Crippen LogP contribution in [0.25, 0.3) is 0 Å². The van der Waals surface area contributed by atoms with E-state index in [9.17, 15) is 0 Å². The van der Waals surface area contributed by atoms with Crippen LogP contribution in [0, 0.1) is 3.57 Å². The van der Waals surface area contributed by atoms with Crippen molar-refractivity contribution < 1.29 is 9.47 Å². The van der Waals surface area contributed by atoms with Gasteiger partial charge in [0.05, 0.1) is 22.9 Å². The Bertz CT molecular complexity index is 1060. The Kier molecular flexibility index (Phi) is 9.14. The van der Waals surface area contributed by atoms with E-state index in [1.807, 2.05) is 49.4 Å². The van der Waals surface area contributed by atoms with Gasteiger partial charge in [-0.25, -0.2) is 0 Å². The van der Waals surface area contributed by atoms with Crippen LogP contribution in [0.4, 0.5) is 0 Å². The molecule has 0 saturated heterocycles. The summed E-state index contributed by atoms with van der Waals surface area (Å²) in [5.74, 6) is 1.33. The van der Waals surface area contributed by atoms with E-state index in [-0.39, 0.29) is 0 Å². The van der Waals surface area contributed by atoms with Crippen molar-refractivity contribution in [1.82, 2.24) is 5.43 Å². The topological polar surface area (TPSA) is 42.8 Å². The summed E-state index contributed by atoms with van der Waals surface area (Å²) in [5.41, 5.74) is 5.57. The number of hydrogen-bond donors (Lipinski definition) is 1. The molecule has 0 atom stereocenters. The Morgan fingerprint density at radius 2 is 1.68 bits per heavy atom. The second-order valence-electron chi connectivity index (χ2n) is 6.44. The van der Waals surface area contributed by atoms with Crippen LogP contribution in [0.5, 0.6) is 11.5 Å². The van der Waals surface area contributed by atoms with Crippen molar-refractivity contribution in [3.8, 4) is 11.5 Å². The number of hydrogen-bond acceptors (Lipinski definition) is 4. The first-order valence-corrected chi connectivity index (χ1v) is 11.7.